The second-order valence-corrected chi connectivity index (χ2v) is 4.33. The Morgan fingerprint density at radius 2 is 2.25 bits per heavy atom. The van der Waals surface area contributed by atoms with Crippen LogP contribution in [0.2, 0.25) is 0 Å². The van der Waals surface area contributed by atoms with Crippen molar-refractivity contribution >= 4 is 11.8 Å². The molecule has 0 saturated carbocycles. The lowest BCUT2D eigenvalue weighted by molar-refractivity contribution is 1.24. The van der Waals surface area contributed by atoms with Gasteiger partial charge in [-0.3, -0.25) is 0 Å². The lowest BCUT2D eigenvalue weighted by Crippen LogP contribution is -1.87. The van der Waals surface area contributed by atoms with Gasteiger partial charge >= 0.3 is 0 Å². The Bertz CT molecular complexity index is 265. The van der Waals surface area contributed by atoms with E-state index in [-0.39, 0.29) is 0 Å². The van der Waals surface area contributed by atoms with E-state index in [1.54, 1.807) is 0 Å². The van der Waals surface area contributed by atoms with E-state index in [1.807, 2.05) is 17.8 Å². The fourth-order valence-electron chi connectivity index (χ4n) is 0.951. The predicted molar refractivity (Wildman–Crippen MR) is 56.7 cm³/mol. The van der Waals surface area contributed by atoms with E-state index >= 15 is 0 Å². The van der Waals surface area contributed by atoms with Gasteiger partial charge in [-0.15, -0.1) is 18.3 Å². The van der Waals surface area contributed by atoms with Gasteiger partial charge in [0.25, 0.3) is 0 Å². The van der Waals surface area contributed by atoms with Gasteiger partial charge in [0.1, 0.15) is 0 Å². The van der Waals surface area contributed by atoms with E-state index < -0.39 is 0 Å². The predicted octanol–water partition coefficient (Wildman–Crippen LogP) is 3.66. The zero-order valence-electron chi connectivity index (χ0n) is 7.58. The van der Waals surface area contributed by atoms with Crippen LogP contribution in [0.3, 0.4) is 0 Å². The normalized spacial score (nSPS) is 12.5. The van der Waals surface area contributed by atoms with Crippen molar-refractivity contribution in [1.29, 1.82) is 0 Å². The molecule has 12 heavy (non-hydrogen) atoms. The monoisotopic (exact) mass is 178 g/mol. The van der Waals surface area contributed by atoms with Gasteiger partial charge in [0, 0.05) is 10.1 Å². The van der Waals surface area contributed by atoms with E-state index in [1.165, 1.54) is 10.5 Å². The van der Waals surface area contributed by atoms with Crippen molar-refractivity contribution in [2.24, 2.45) is 0 Å². The molecule has 1 aromatic rings. The summed E-state index contributed by atoms with van der Waals surface area (Å²) in [6.07, 6.45) is 1.97. The molecule has 0 nitrogen and oxygen atoms in total. The van der Waals surface area contributed by atoms with Crippen LogP contribution in [0, 0.1) is 6.92 Å². The Morgan fingerprint density at radius 1 is 1.50 bits per heavy atom. The summed E-state index contributed by atoms with van der Waals surface area (Å²) in [6, 6.07) is 8.54. The first-order valence-electron chi connectivity index (χ1n) is 4.08. The second kappa shape index (κ2) is 4.36. The molecule has 1 unspecified atom stereocenters. The molecule has 0 aliphatic heterocycles. The summed E-state index contributed by atoms with van der Waals surface area (Å²) in [4.78, 5) is 1.32. The molecule has 0 aromatic heterocycles. The first kappa shape index (κ1) is 9.40. The highest BCUT2D eigenvalue weighted by Crippen LogP contribution is 2.23. The number of rotatable bonds is 3. The number of hydrogen-bond donors (Lipinski definition) is 0. The van der Waals surface area contributed by atoms with Gasteiger partial charge in [-0.25, -0.2) is 0 Å². The standard InChI is InChI=1S/C11H14S/c1-4-10(3)12-11-7-5-6-9(2)8-11/h4-8,10H,1H2,2-3H3. The lowest BCUT2D eigenvalue weighted by Gasteiger charge is -2.05. The molecule has 1 atom stereocenters. The maximum Gasteiger partial charge on any atom is 0.0243 e. The maximum atomic E-state index is 3.76. The quantitative estimate of drug-likeness (QED) is 0.503. The van der Waals surface area contributed by atoms with Gasteiger partial charge in [0.15, 0.2) is 0 Å². The minimum atomic E-state index is 0.492. The van der Waals surface area contributed by atoms with Crippen LogP contribution in [0.25, 0.3) is 0 Å². The summed E-state index contributed by atoms with van der Waals surface area (Å²) in [5.41, 5.74) is 1.32. The summed E-state index contributed by atoms with van der Waals surface area (Å²) >= 11 is 1.84. The molecule has 0 fully saturated rings. The molecule has 64 valence electrons. The molecule has 1 heteroatoms. The highest BCUT2D eigenvalue weighted by molar-refractivity contribution is 8.00. The summed E-state index contributed by atoms with van der Waals surface area (Å²) in [5, 5.41) is 0.492. The van der Waals surface area contributed by atoms with Crippen LogP contribution >= 0.6 is 11.8 Å². The van der Waals surface area contributed by atoms with Crippen molar-refractivity contribution in [2.45, 2.75) is 24.0 Å². The molecule has 0 aliphatic carbocycles. The number of aryl methyl sites for hydroxylation is 1. The second-order valence-electron chi connectivity index (χ2n) is 2.88. The number of thioether (sulfide) groups is 1. The van der Waals surface area contributed by atoms with Crippen molar-refractivity contribution in [3.05, 3.63) is 42.5 Å². The lowest BCUT2D eigenvalue weighted by atomic mass is 10.2. The fourth-order valence-corrected chi connectivity index (χ4v) is 1.89. The first-order valence-corrected chi connectivity index (χ1v) is 4.96. The molecular formula is C11H14S. The molecule has 0 amide bonds. The molecule has 1 aromatic carbocycles. The molecule has 0 radical (unpaired) electrons. The smallest absolute Gasteiger partial charge is 0.0243 e. The maximum absolute atomic E-state index is 3.76. The van der Waals surface area contributed by atoms with E-state index in [0.717, 1.165) is 0 Å². The Hall–Kier alpha value is -0.690. The Labute approximate surface area is 78.7 Å². The molecule has 0 heterocycles. The molecule has 1 rings (SSSR count). The summed E-state index contributed by atoms with van der Waals surface area (Å²) in [7, 11) is 0. The van der Waals surface area contributed by atoms with Crippen molar-refractivity contribution < 1.29 is 0 Å². The average molecular weight is 178 g/mol. The van der Waals surface area contributed by atoms with E-state index in [0.29, 0.717) is 5.25 Å². The molecule has 0 saturated heterocycles. The molecule has 0 bridgehead atoms. The summed E-state index contributed by atoms with van der Waals surface area (Å²) in [5.74, 6) is 0. The van der Waals surface area contributed by atoms with Gasteiger partial charge in [0.2, 0.25) is 0 Å². The highest BCUT2D eigenvalue weighted by atomic mass is 32.2. The minimum absolute atomic E-state index is 0.492. The molecule has 0 spiro atoms. The van der Waals surface area contributed by atoms with Crippen molar-refractivity contribution in [3.8, 4) is 0 Å². The summed E-state index contributed by atoms with van der Waals surface area (Å²) < 4.78 is 0. The zero-order valence-corrected chi connectivity index (χ0v) is 8.40. The van der Waals surface area contributed by atoms with Crippen LogP contribution < -0.4 is 0 Å². The van der Waals surface area contributed by atoms with Crippen LogP contribution in [0.4, 0.5) is 0 Å². The van der Waals surface area contributed by atoms with Crippen LogP contribution in [0.1, 0.15) is 12.5 Å². The Morgan fingerprint density at radius 3 is 2.83 bits per heavy atom. The topological polar surface area (TPSA) is 0 Å². The Kier molecular flexibility index (Phi) is 3.42. The van der Waals surface area contributed by atoms with Gasteiger partial charge in [-0.1, -0.05) is 23.8 Å². The third-order valence-electron chi connectivity index (χ3n) is 1.64. The van der Waals surface area contributed by atoms with Gasteiger partial charge in [0.05, 0.1) is 0 Å². The van der Waals surface area contributed by atoms with Crippen molar-refractivity contribution in [2.75, 3.05) is 0 Å². The number of benzene rings is 1. The van der Waals surface area contributed by atoms with E-state index in [4.69, 9.17) is 0 Å². The van der Waals surface area contributed by atoms with Crippen molar-refractivity contribution in [1.82, 2.24) is 0 Å². The van der Waals surface area contributed by atoms with Crippen LogP contribution in [0.5, 0.6) is 0 Å². The third-order valence-corrected chi connectivity index (χ3v) is 2.73. The van der Waals surface area contributed by atoms with Crippen molar-refractivity contribution in [3.63, 3.8) is 0 Å². The largest absolute Gasteiger partial charge is 0.119 e. The number of hydrogen-bond acceptors (Lipinski definition) is 1. The van der Waals surface area contributed by atoms with E-state index in [2.05, 4.69) is 44.7 Å². The van der Waals surface area contributed by atoms with Gasteiger partial charge < -0.3 is 0 Å². The van der Waals surface area contributed by atoms with E-state index in [9.17, 15) is 0 Å². The van der Waals surface area contributed by atoms with Gasteiger partial charge in [-0.05, 0) is 26.0 Å². The third kappa shape index (κ3) is 2.74. The molecular weight excluding hydrogens is 164 g/mol. The highest BCUT2D eigenvalue weighted by Gasteiger charge is 1.98. The summed E-state index contributed by atoms with van der Waals surface area (Å²) in [6.45, 7) is 8.02. The Balaban J connectivity index is 2.69. The van der Waals surface area contributed by atoms with Crippen LogP contribution in [-0.4, -0.2) is 5.25 Å². The van der Waals surface area contributed by atoms with Crippen LogP contribution in [0.15, 0.2) is 41.8 Å². The average Bonchev–Trinajstić information content (AvgIpc) is 2.04. The molecule has 0 N–H and O–H groups in total. The SMILES string of the molecule is C=CC(C)Sc1cccc(C)c1. The molecule has 0 aliphatic rings. The fraction of sp³-hybridized carbons (Fsp3) is 0.273. The zero-order chi connectivity index (χ0) is 8.97. The van der Waals surface area contributed by atoms with Crippen LogP contribution in [-0.2, 0) is 0 Å². The first-order chi connectivity index (χ1) is 5.72. The van der Waals surface area contributed by atoms with Gasteiger partial charge in [-0.2, -0.15) is 0 Å². The minimum Gasteiger partial charge on any atom is -0.119 e.